The van der Waals surface area contributed by atoms with E-state index in [2.05, 4.69) is 15.2 Å². The lowest BCUT2D eigenvalue weighted by molar-refractivity contribution is 0.188. The minimum atomic E-state index is -0.109. The van der Waals surface area contributed by atoms with Crippen molar-refractivity contribution in [3.05, 3.63) is 59.5 Å². The van der Waals surface area contributed by atoms with E-state index in [1.54, 1.807) is 13.2 Å². The second-order valence-corrected chi connectivity index (χ2v) is 6.19. The highest BCUT2D eigenvalue weighted by Crippen LogP contribution is 2.16. The summed E-state index contributed by atoms with van der Waals surface area (Å²) in [4.78, 5) is 6.74. The molecule has 0 bridgehead atoms. The highest BCUT2D eigenvalue weighted by atomic mass is 19.1. The van der Waals surface area contributed by atoms with E-state index in [1.165, 1.54) is 6.07 Å². The van der Waals surface area contributed by atoms with Gasteiger partial charge in [0.1, 0.15) is 5.82 Å². The van der Waals surface area contributed by atoms with Gasteiger partial charge in [-0.15, -0.1) is 0 Å². The van der Waals surface area contributed by atoms with Gasteiger partial charge in [0.05, 0.1) is 12.8 Å². The van der Waals surface area contributed by atoms with Gasteiger partial charge in [-0.1, -0.05) is 24.3 Å². The Hall–Kier alpha value is -1.98. The zero-order valence-corrected chi connectivity index (χ0v) is 14.0. The molecule has 0 spiro atoms. The van der Waals surface area contributed by atoms with Crippen LogP contribution in [0.15, 0.2) is 42.5 Å². The molecule has 3 rings (SSSR count). The molecule has 2 aromatic rings. The van der Waals surface area contributed by atoms with E-state index in [9.17, 15) is 4.39 Å². The fourth-order valence-electron chi connectivity index (χ4n) is 3.08. The zero-order chi connectivity index (χ0) is 16.8. The largest absolute Gasteiger partial charge is 0.481 e. The SMILES string of the molecule is COc1cccc(CNC2CCN(Cc3ccccc3F)CC2)n1. The monoisotopic (exact) mass is 329 g/mol. The van der Waals surface area contributed by atoms with Crippen molar-refractivity contribution in [2.24, 2.45) is 0 Å². The number of hydrogen-bond acceptors (Lipinski definition) is 4. The van der Waals surface area contributed by atoms with Crippen molar-refractivity contribution in [2.45, 2.75) is 32.0 Å². The molecule has 1 aliphatic rings. The third kappa shape index (κ3) is 4.52. The maximum Gasteiger partial charge on any atom is 0.213 e. The number of aromatic nitrogens is 1. The number of nitrogens with zero attached hydrogens (tertiary/aromatic N) is 2. The first-order valence-corrected chi connectivity index (χ1v) is 8.43. The molecule has 2 heterocycles. The molecule has 24 heavy (non-hydrogen) atoms. The normalized spacial score (nSPS) is 16.2. The zero-order valence-electron chi connectivity index (χ0n) is 14.0. The van der Waals surface area contributed by atoms with Gasteiger partial charge < -0.3 is 10.1 Å². The van der Waals surface area contributed by atoms with Gasteiger partial charge in [0.2, 0.25) is 5.88 Å². The van der Waals surface area contributed by atoms with Crippen LogP contribution in [0.25, 0.3) is 0 Å². The van der Waals surface area contributed by atoms with Gasteiger partial charge in [0.15, 0.2) is 0 Å². The molecule has 0 unspecified atom stereocenters. The van der Waals surface area contributed by atoms with Crippen LogP contribution in [0.2, 0.25) is 0 Å². The molecule has 5 heteroatoms. The Morgan fingerprint density at radius 3 is 2.71 bits per heavy atom. The number of hydrogen-bond donors (Lipinski definition) is 1. The van der Waals surface area contributed by atoms with Gasteiger partial charge in [0.25, 0.3) is 0 Å². The molecule has 1 saturated heterocycles. The lowest BCUT2D eigenvalue weighted by atomic mass is 10.0. The first-order valence-electron chi connectivity index (χ1n) is 8.43. The number of pyridine rings is 1. The maximum atomic E-state index is 13.7. The van der Waals surface area contributed by atoms with Crippen LogP contribution in [0.4, 0.5) is 4.39 Å². The van der Waals surface area contributed by atoms with Crippen LogP contribution < -0.4 is 10.1 Å². The van der Waals surface area contributed by atoms with Crippen molar-refractivity contribution in [3.63, 3.8) is 0 Å². The number of benzene rings is 1. The van der Waals surface area contributed by atoms with E-state index >= 15 is 0 Å². The smallest absolute Gasteiger partial charge is 0.213 e. The molecule has 0 atom stereocenters. The van der Waals surface area contributed by atoms with Crippen LogP contribution in [0.1, 0.15) is 24.1 Å². The Bertz CT molecular complexity index is 657. The molecular formula is C19H24FN3O. The minimum Gasteiger partial charge on any atom is -0.481 e. The number of methoxy groups -OCH3 is 1. The summed E-state index contributed by atoms with van der Waals surface area (Å²) >= 11 is 0. The number of nitrogens with one attached hydrogen (secondary N) is 1. The van der Waals surface area contributed by atoms with Gasteiger partial charge in [-0.25, -0.2) is 9.37 Å². The number of piperidine rings is 1. The minimum absolute atomic E-state index is 0.109. The molecule has 0 aliphatic carbocycles. The molecule has 128 valence electrons. The van der Waals surface area contributed by atoms with Crippen LogP contribution in [0.5, 0.6) is 5.88 Å². The number of rotatable bonds is 6. The summed E-state index contributed by atoms with van der Waals surface area (Å²) in [7, 11) is 1.63. The molecule has 1 aromatic heterocycles. The number of halogens is 1. The van der Waals surface area contributed by atoms with E-state index in [-0.39, 0.29) is 5.82 Å². The van der Waals surface area contributed by atoms with E-state index in [0.29, 0.717) is 18.5 Å². The molecule has 1 N–H and O–H groups in total. The van der Waals surface area contributed by atoms with Crippen molar-refractivity contribution >= 4 is 0 Å². The maximum absolute atomic E-state index is 13.7. The summed E-state index contributed by atoms with van der Waals surface area (Å²) in [6, 6.07) is 13.3. The summed E-state index contributed by atoms with van der Waals surface area (Å²) in [5.41, 5.74) is 1.77. The van der Waals surface area contributed by atoms with Gasteiger partial charge in [-0.3, -0.25) is 4.90 Å². The Kier molecular flexibility index (Phi) is 5.77. The number of likely N-dealkylation sites (tertiary alicyclic amines) is 1. The number of ether oxygens (including phenoxy) is 1. The lowest BCUT2D eigenvalue weighted by Gasteiger charge is -2.32. The Balaban J connectivity index is 1.44. The first-order chi connectivity index (χ1) is 11.7. The van der Waals surface area contributed by atoms with Crippen molar-refractivity contribution in [2.75, 3.05) is 20.2 Å². The highest BCUT2D eigenvalue weighted by molar-refractivity contribution is 5.17. The van der Waals surface area contributed by atoms with E-state index in [1.807, 2.05) is 30.3 Å². The third-order valence-corrected chi connectivity index (χ3v) is 4.50. The van der Waals surface area contributed by atoms with Crippen molar-refractivity contribution in [3.8, 4) is 5.88 Å². The molecule has 0 radical (unpaired) electrons. The fourth-order valence-corrected chi connectivity index (χ4v) is 3.08. The highest BCUT2D eigenvalue weighted by Gasteiger charge is 2.19. The van der Waals surface area contributed by atoms with Gasteiger partial charge in [-0.2, -0.15) is 0 Å². The van der Waals surface area contributed by atoms with Gasteiger partial charge >= 0.3 is 0 Å². The summed E-state index contributed by atoms with van der Waals surface area (Å²) in [6.07, 6.45) is 2.14. The lowest BCUT2D eigenvalue weighted by Crippen LogP contribution is -2.42. The van der Waals surface area contributed by atoms with Crippen LogP contribution >= 0.6 is 0 Å². The van der Waals surface area contributed by atoms with Gasteiger partial charge in [-0.05, 0) is 38.1 Å². The average molecular weight is 329 g/mol. The van der Waals surface area contributed by atoms with E-state index in [4.69, 9.17) is 4.74 Å². The van der Waals surface area contributed by atoms with Crippen LogP contribution in [-0.4, -0.2) is 36.1 Å². The van der Waals surface area contributed by atoms with Crippen molar-refractivity contribution in [1.82, 2.24) is 15.2 Å². The standard InChI is InChI=1S/C19H24FN3O/c1-24-19-8-4-6-17(22-19)13-21-16-9-11-23(12-10-16)14-15-5-2-3-7-18(15)20/h2-8,16,21H,9-14H2,1H3. The van der Waals surface area contributed by atoms with Gasteiger partial charge in [0, 0.05) is 30.8 Å². The van der Waals surface area contributed by atoms with Crippen LogP contribution in [-0.2, 0) is 13.1 Å². The predicted octanol–water partition coefficient (Wildman–Crippen LogP) is 2.98. The summed E-state index contributed by atoms with van der Waals surface area (Å²) in [6.45, 7) is 3.40. The topological polar surface area (TPSA) is 37.4 Å². The summed E-state index contributed by atoms with van der Waals surface area (Å²) < 4.78 is 18.9. The van der Waals surface area contributed by atoms with Crippen molar-refractivity contribution in [1.29, 1.82) is 0 Å². The molecule has 0 saturated carbocycles. The molecule has 1 fully saturated rings. The fraction of sp³-hybridized carbons (Fsp3) is 0.421. The van der Waals surface area contributed by atoms with Crippen molar-refractivity contribution < 1.29 is 9.13 Å². The molecule has 4 nitrogen and oxygen atoms in total. The quantitative estimate of drug-likeness (QED) is 0.884. The second kappa shape index (κ2) is 8.22. The predicted molar refractivity (Wildman–Crippen MR) is 92.3 cm³/mol. The van der Waals surface area contributed by atoms with E-state index < -0.39 is 0 Å². The van der Waals surface area contributed by atoms with E-state index in [0.717, 1.165) is 43.7 Å². The third-order valence-electron chi connectivity index (χ3n) is 4.50. The summed E-state index contributed by atoms with van der Waals surface area (Å²) in [5.74, 6) is 0.538. The summed E-state index contributed by atoms with van der Waals surface area (Å²) in [5, 5.41) is 3.57. The molecule has 0 amide bonds. The molecular weight excluding hydrogens is 305 g/mol. The molecule has 1 aliphatic heterocycles. The molecule has 1 aromatic carbocycles. The second-order valence-electron chi connectivity index (χ2n) is 6.19. The average Bonchev–Trinajstić information content (AvgIpc) is 2.63. The Labute approximate surface area is 142 Å². The van der Waals surface area contributed by atoms with Crippen LogP contribution in [0.3, 0.4) is 0 Å². The van der Waals surface area contributed by atoms with Crippen LogP contribution in [0, 0.1) is 5.82 Å². The first kappa shape index (κ1) is 16.9. The Morgan fingerprint density at radius 2 is 1.96 bits per heavy atom. The Morgan fingerprint density at radius 1 is 1.17 bits per heavy atom.